The quantitative estimate of drug-likeness (QED) is 0.828. The number of aryl methyl sites for hydroxylation is 2. The highest BCUT2D eigenvalue weighted by Crippen LogP contribution is 2.22. The summed E-state index contributed by atoms with van der Waals surface area (Å²) in [5, 5.41) is 6.65. The SMILES string of the molecule is Cc1nn(C)c(C)c1NC(=O)c1cc(F)cc(N)c1F. The third-order valence-corrected chi connectivity index (χ3v) is 3.06. The van der Waals surface area contributed by atoms with E-state index in [1.165, 1.54) is 0 Å². The zero-order valence-electron chi connectivity index (χ0n) is 11.3. The van der Waals surface area contributed by atoms with Gasteiger partial charge in [0, 0.05) is 7.05 Å². The number of aromatic nitrogens is 2. The first kappa shape index (κ1) is 14.0. The summed E-state index contributed by atoms with van der Waals surface area (Å²) in [5.41, 5.74) is 6.22. The van der Waals surface area contributed by atoms with Crippen LogP contribution in [0.2, 0.25) is 0 Å². The number of hydrogen-bond acceptors (Lipinski definition) is 3. The van der Waals surface area contributed by atoms with Crippen molar-refractivity contribution in [2.75, 3.05) is 11.1 Å². The van der Waals surface area contributed by atoms with Gasteiger partial charge in [-0.15, -0.1) is 0 Å². The highest BCUT2D eigenvalue weighted by Gasteiger charge is 2.19. The average Bonchev–Trinajstić information content (AvgIpc) is 2.60. The van der Waals surface area contributed by atoms with Crippen LogP contribution in [0.3, 0.4) is 0 Å². The molecule has 20 heavy (non-hydrogen) atoms. The smallest absolute Gasteiger partial charge is 0.258 e. The normalized spacial score (nSPS) is 10.7. The molecule has 1 aromatic carbocycles. The number of halogens is 2. The number of carbonyl (C=O) groups excluding carboxylic acids is 1. The molecule has 0 spiro atoms. The lowest BCUT2D eigenvalue weighted by Crippen LogP contribution is -2.16. The summed E-state index contributed by atoms with van der Waals surface area (Å²) in [7, 11) is 1.72. The Balaban J connectivity index is 2.38. The van der Waals surface area contributed by atoms with Crippen LogP contribution in [0.5, 0.6) is 0 Å². The van der Waals surface area contributed by atoms with Gasteiger partial charge in [0.25, 0.3) is 5.91 Å². The molecule has 0 saturated carbocycles. The number of hydrogen-bond donors (Lipinski definition) is 2. The summed E-state index contributed by atoms with van der Waals surface area (Å²) >= 11 is 0. The standard InChI is InChI=1S/C13H14F2N4O/c1-6-12(7(2)19(3)18-6)17-13(20)9-4-8(14)5-10(16)11(9)15/h4-5H,16H2,1-3H3,(H,17,20). The molecule has 0 bridgehead atoms. The second-order valence-electron chi connectivity index (χ2n) is 4.48. The molecule has 0 saturated heterocycles. The van der Waals surface area contributed by atoms with Crippen LogP contribution in [0.15, 0.2) is 12.1 Å². The van der Waals surface area contributed by atoms with Crippen molar-refractivity contribution >= 4 is 17.3 Å². The van der Waals surface area contributed by atoms with E-state index in [4.69, 9.17) is 5.73 Å². The highest BCUT2D eigenvalue weighted by molar-refractivity contribution is 6.05. The average molecular weight is 280 g/mol. The summed E-state index contributed by atoms with van der Waals surface area (Å²) in [5.74, 6) is -2.48. The van der Waals surface area contributed by atoms with Crippen molar-refractivity contribution in [2.24, 2.45) is 7.05 Å². The fraction of sp³-hybridized carbons (Fsp3) is 0.231. The molecule has 1 aromatic heterocycles. The molecule has 0 unspecified atom stereocenters. The van der Waals surface area contributed by atoms with Crippen molar-refractivity contribution < 1.29 is 13.6 Å². The van der Waals surface area contributed by atoms with Crippen LogP contribution in [-0.4, -0.2) is 15.7 Å². The predicted octanol–water partition coefficient (Wildman–Crippen LogP) is 2.15. The minimum absolute atomic E-state index is 0.408. The second-order valence-corrected chi connectivity index (χ2v) is 4.48. The van der Waals surface area contributed by atoms with Gasteiger partial charge >= 0.3 is 0 Å². The zero-order valence-corrected chi connectivity index (χ0v) is 11.3. The van der Waals surface area contributed by atoms with Crippen LogP contribution < -0.4 is 11.1 Å². The number of nitrogens with two attached hydrogens (primary N) is 1. The van der Waals surface area contributed by atoms with Gasteiger partial charge in [0.1, 0.15) is 5.82 Å². The number of rotatable bonds is 2. The molecule has 2 rings (SSSR count). The maximum Gasteiger partial charge on any atom is 0.258 e. The lowest BCUT2D eigenvalue weighted by atomic mass is 10.1. The number of amides is 1. The number of nitrogens with one attached hydrogen (secondary N) is 1. The van der Waals surface area contributed by atoms with Crippen LogP contribution in [0.1, 0.15) is 21.7 Å². The Labute approximate surface area is 114 Å². The van der Waals surface area contributed by atoms with Crippen LogP contribution in [0, 0.1) is 25.5 Å². The fourth-order valence-corrected chi connectivity index (χ4v) is 1.91. The maximum absolute atomic E-state index is 13.8. The van der Waals surface area contributed by atoms with E-state index in [1.807, 2.05) is 0 Å². The molecule has 0 aliphatic heterocycles. The molecule has 0 aliphatic carbocycles. The van der Waals surface area contributed by atoms with Gasteiger partial charge in [0.15, 0.2) is 5.82 Å². The molecule has 1 heterocycles. The zero-order chi connectivity index (χ0) is 15.0. The van der Waals surface area contributed by atoms with Crippen molar-refractivity contribution in [3.8, 4) is 0 Å². The van der Waals surface area contributed by atoms with Gasteiger partial charge in [-0.3, -0.25) is 9.48 Å². The van der Waals surface area contributed by atoms with Crippen molar-refractivity contribution in [2.45, 2.75) is 13.8 Å². The molecule has 5 nitrogen and oxygen atoms in total. The Bertz CT molecular complexity index is 694. The van der Waals surface area contributed by atoms with Gasteiger partial charge in [-0.25, -0.2) is 8.78 Å². The molecule has 0 fully saturated rings. The van der Waals surface area contributed by atoms with E-state index < -0.39 is 28.8 Å². The van der Waals surface area contributed by atoms with Crippen LogP contribution in [-0.2, 0) is 7.05 Å². The Hall–Kier alpha value is -2.44. The van der Waals surface area contributed by atoms with Crippen molar-refractivity contribution in [3.05, 3.63) is 40.7 Å². The van der Waals surface area contributed by atoms with Gasteiger partial charge in [0.05, 0.1) is 28.3 Å². The monoisotopic (exact) mass is 280 g/mol. The van der Waals surface area contributed by atoms with Crippen molar-refractivity contribution in [1.82, 2.24) is 9.78 Å². The third-order valence-electron chi connectivity index (χ3n) is 3.06. The van der Waals surface area contributed by atoms with Gasteiger partial charge in [-0.2, -0.15) is 5.10 Å². The minimum Gasteiger partial charge on any atom is -0.396 e. The van der Waals surface area contributed by atoms with Crippen molar-refractivity contribution in [1.29, 1.82) is 0 Å². The van der Waals surface area contributed by atoms with E-state index in [0.717, 1.165) is 12.1 Å². The molecule has 2 aromatic rings. The number of benzene rings is 1. The molecule has 1 amide bonds. The summed E-state index contributed by atoms with van der Waals surface area (Å²) in [6.45, 7) is 3.46. The first-order valence-electron chi connectivity index (χ1n) is 5.87. The predicted molar refractivity (Wildman–Crippen MR) is 71.4 cm³/mol. The number of nitrogens with zero attached hydrogens (tertiary/aromatic N) is 2. The summed E-state index contributed by atoms with van der Waals surface area (Å²) in [6.07, 6.45) is 0. The lowest BCUT2D eigenvalue weighted by Gasteiger charge is -2.08. The molecule has 106 valence electrons. The molecule has 7 heteroatoms. The van der Waals surface area contributed by atoms with E-state index in [0.29, 0.717) is 17.1 Å². The van der Waals surface area contributed by atoms with Crippen LogP contribution in [0.4, 0.5) is 20.2 Å². The number of nitrogen functional groups attached to an aromatic ring is 1. The molecule has 0 aliphatic rings. The molecule has 0 atom stereocenters. The molecular formula is C13H14F2N4O. The Morgan fingerprint density at radius 3 is 2.55 bits per heavy atom. The first-order chi connectivity index (χ1) is 9.31. The van der Waals surface area contributed by atoms with E-state index >= 15 is 0 Å². The second kappa shape index (κ2) is 4.92. The summed E-state index contributed by atoms with van der Waals surface area (Å²) in [6, 6.07) is 1.63. The van der Waals surface area contributed by atoms with Gasteiger partial charge in [-0.05, 0) is 26.0 Å². The molecular weight excluding hydrogens is 266 g/mol. The van der Waals surface area contributed by atoms with Crippen LogP contribution in [0.25, 0.3) is 0 Å². The molecule has 0 radical (unpaired) electrons. The number of anilines is 2. The fourth-order valence-electron chi connectivity index (χ4n) is 1.91. The van der Waals surface area contributed by atoms with E-state index in [2.05, 4.69) is 10.4 Å². The van der Waals surface area contributed by atoms with E-state index in [-0.39, 0.29) is 0 Å². The highest BCUT2D eigenvalue weighted by atomic mass is 19.1. The maximum atomic E-state index is 13.8. The van der Waals surface area contributed by atoms with Crippen LogP contribution >= 0.6 is 0 Å². The Morgan fingerprint density at radius 1 is 1.35 bits per heavy atom. The number of carbonyl (C=O) groups is 1. The lowest BCUT2D eigenvalue weighted by molar-refractivity contribution is 0.102. The minimum atomic E-state index is -0.942. The van der Waals surface area contributed by atoms with Gasteiger partial charge in [-0.1, -0.05) is 0 Å². The van der Waals surface area contributed by atoms with Crippen molar-refractivity contribution in [3.63, 3.8) is 0 Å². The topological polar surface area (TPSA) is 72.9 Å². The third kappa shape index (κ3) is 2.34. The van der Waals surface area contributed by atoms with Gasteiger partial charge < -0.3 is 11.1 Å². The van der Waals surface area contributed by atoms with E-state index in [1.54, 1.807) is 25.6 Å². The summed E-state index contributed by atoms with van der Waals surface area (Å²) in [4.78, 5) is 12.0. The molecule has 3 N–H and O–H groups in total. The Kier molecular flexibility index (Phi) is 3.44. The Morgan fingerprint density at radius 2 is 2.00 bits per heavy atom. The first-order valence-corrected chi connectivity index (χ1v) is 5.87. The van der Waals surface area contributed by atoms with Gasteiger partial charge in [0.2, 0.25) is 0 Å². The summed E-state index contributed by atoms with van der Waals surface area (Å²) < 4.78 is 28.6. The van der Waals surface area contributed by atoms with E-state index in [9.17, 15) is 13.6 Å². The largest absolute Gasteiger partial charge is 0.396 e.